The normalized spacial score (nSPS) is 10.7. The van der Waals surface area contributed by atoms with Crippen LogP contribution in [0.25, 0.3) is 22.4 Å². The molecule has 0 spiro atoms. The zero-order valence-electron chi connectivity index (χ0n) is 8.87. The molecule has 3 nitrogen and oxygen atoms in total. The van der Waals surface area contributed by atoms with Gasteiger partial charge in [-0.05, 0) is 24.3 Å². The van der Waals surface area contributed by atoms with Crippen LogP contribution in [-0.4, -0.2) is 9.97 Å². The molecule has 3 aromatic rings. The zero-order chi connectivity index (χ0) is 12.7. The Kier molecular flexibility index (Phi) is 2.75. The fourth-order valence-electron chi connectivity index (χ4n) is 1.71. The van der Waals surface area contributed by atoms with Crippen molar-refractivity contribution in [3.63, 3.8) is 0 Å². The Morgan fingerprint density at radius 1 is 1.28 bits per heavy atom. The van der Waals surface area contributed by atoms with E-state index in [0.29, 0.717) is 20.1 Å². The van der Waals surface area contributed by atoms with Crippen molar-refractivity contribution in [1.82, 2.24) is 9.97 Å². The highest BCUT2D eigenvalue weighted by molar-refractivity contribution is 7.20. The van der Waals surface area contributed by atoms with Crippen molar-refractivity contribution >= 4 is 45.6 Å². The summed E-state index contributed by atoms with van der Waals surface area (Å²) < 4.78 is 1.22. The first kappa shape index (κ1) is 11.5. The van der Waals surface area contributed by atoms with Gasteiger partial charge in [0, 0.05) is 5.56 Å². The molecule has 0 fully saturated rings. The number of nitrogens with one attached hydrogen (secondary N) is 1. The van der Waals surface area contributed by atoms with E-state index < -0.39 is 0 Å². The smallest absolute Gasteiger partial charge is 0.140 e. The molecule has 88 valence electrons. The third-order valence-corrected chi connectivity index (χ3v) is 4.01. The lowest BCUT2D eigenvalue weighted by atomic mass is 10.2. The van der Waals surface area contributed by atoms with E-state index in [1.54, 1.807) is 24.3 Å². The van der Waals surface area contributed by atoms with Gasteiger partial charge in [0.05, 0.1) is 27.0 Å². The molecule has 0 aliphatic rings. The molecular weight excluding hydrogens is 289 g/mol. The summed E-state index contributed by atoms with van der Waals surface area (Å²) in [6, 6.07) is 9.16. The van der Waals surface area contributed by atoms with Gasteiger partial charge in [-0.1, -0.05) is 23.2 Å². The minimum Gasteiger partial charge on any atom is -0.338 e. The molecule has 0 atom stereocenters. The van der Waals surface area contributed by atoms with Gasteiger partial charge in [0.2, 0.25) is 0 Å². The lowest BCUT2D eigenvalue weighted by molar-refractivity contribution is 1.35. The number of hydrogen-bond acceptors (Lipinski definition) is 3. The molecule has 0 saturated carbocycles. The molecule has 0 amide bonds. The summed E-state index contributed by atoms with van der Waals surface area (Å²) in [6.07, 6.45) is 0. The lowest BCUT2D eigenvalue weighted by Crippen LogP contribution is -1.76. The maximum atomic E-state index is 8.85. The Morgan fingerprint density at radius 3 is 2.78 bits per heavy atom. The summed E-state index contributed by atoms with van der Waals surface area (Å²) in [6.45, 7) is 0. The molecule has 2 aromatic heterocycles. The van der Waals surface area contributed by atoms with E-state index in [-0.39, 0.29) is 0 Å². The van der Waals surface area contributed by atoms with Crippen molar-refractivity contribution in [2.45, 2.75) is 0 Å². The molecule has 0 aliphatic heterocycles. The standard InChI is InChI=1S/C12H5Cl2N3S/c13-10-4-7(11(14)18-10)12-16-8-2-1-6(5-15)3-9(8)17-12/h1-4H,(H,16,17). The van der Waals surface area contributed by atoms with Crippen LogP contribution in [0.5, 0.6) is 0 Å². The number of hydrogen-bond donors (Lipinski definition) is 1. The second-order valence-corrected chi connectivity index (χ2v) is 5.95. The molecule has 18 heavy (non-hydrogen) atoms. The van der Waals surface area contributed by atoms with Crippen LogP contribution < -0.4 is 0 Å². The van der Waals surface area contributed by atoms with Gasteiger partial charge in [0.1, 0.15) is 10.2 Å². The van der Waals surface area contributed by atoms with Crippen LogP contribution in [0, 0.1) is 11.3 Å². The van der Waals surface area contributed by atoms with E-state index in [1.165, 1.54) is 11.3 Å². The number of benzene rings is 1. The summed E-state index contributed by atoms with van der Waals surface area (Å²) >= 11 is 13.3. The molecule has 6 heteroatoms. The third-order valence-electron chi connectivity index (χ3n) is 2.52. The maximum Gasteiger partial charge on any atom is 0.140 e. The van der Waals surface area contributed by atoms with Gasteiger partial charge in [-0.25, -0.2) is 4.98 Å². The number of fused-ring (bicyclic) bond motifs is 1. The second kappa shape index (κ2) is 4.29. The van der Waals surface area contributed by atoms with Crippen LogP contribution in [0.15, 0.2) is 24.3 Å². The number of rotatable bonds is 1. The molecule has 2 heterocycles. The van der Waals surface area contributed by atoms with Gasteiger partial charge in [0.15, 0.2) is 0 Å². The number of thiophene rings is 1. The Hall–Kier alpha value is -1.54. The van der Waals surface area contributed by atoms with Gasteiger partial charge in [0.25, 0.3) is 0 Å². The minimum atomic E-state index is 0.590. The van der Waals surface area contributed by atoms with Gasteiger partial charge in [-0.2, -0.15) is 5.26 Å². The summed E-state index contributed by atoms with van der Waals surface area (Å²) in [4.78, 5) is 7.57. The average Bonchev–Trinajstić information content (AvgIpc) is 2.90. The Labute approximate surface area is 117 Å². The maximum absolute atomic E-state index is 8.85. The third kappa shape index (κ3) is 1.87. The van der Waals surface area contributed by atoms with Crippen LogP contribution >= 0.6 is 34.5 Å². The SMILES string of the molecule is N#Cc1ccc2nc(-c3cc(Cl)sc3Cl)[nH]c2c1. The Morgan fingerprint density at radius 2 is 2.11 bits per heavy atom. The van der Waals surface area contributed by atoms with E-state index >= 15 is 0 Å². The molecule has 1 N–H and O–H groups in total. The monoisotopic (exact) mass is 293 g/mol. The van der Waals surface area contributed by atoms with Crippen molar-refractivity contribution in [2.75, 3.05) is 0 Å². The second-order valence-electron chi connectivity index (χ2n) is 3.67. The number of aromatic nitrogens is 2. The Balaban J connectivity index is 2.19. The van der Waals surface area contributed by atoms with Crippen molar-refractivity contribution in [3.8, 4) is 17.5 Å². The van der Waals surface area contributed by atoms with Crippen molar-refractivity contribution < 1.29 is 0 Å². The lowest BCUT2D eigenvalue weighted by Gasteiger charge is -1.90. The highest BCUT2D eigenvalue weighted by atomic mass is 35.5. The number of aromatic amines is 1. The zero-order valence-corrected chi connectivity index (χ0v) is 11.2. The summed E-state index contributed by atoms with van der Waals surface area (Å²) in [5.74, 6) is 0.660. The highest BCUT2D eigenvalue weighted by Gasteiger charge is 2.12. The first-order valence-electron chi connectivity index (χ1n) is 5.02. The predicted molar refractivity (Wildman–Crippen MR) is 74.1 cm³/mol. The van der Waals surface area contributed by atoms with Crippen molar-refractivity contribution in [3.05, 3.63) is 38.5 Å². The van der Waals surface area contributed by atoms with E-state index in [2.05, 4.69) is 16.0 Å². The van der Waals surface area contributed by atoms with Crippen LogP contribution in [0.2, 0.25) is 8.67 Å². The number of nitriles is 1. The molecule has 1 aromatic carbocycles. The highest BCUT2D eigenvalue weighted by Crippen LogP contribution is 2.37. The van der Waals surface area contributed by atoms with Gasteiger partial charge in [-0.15, -0.1) is 11.3 Å². The van der Waals surface area contributed by atoms with Crippen molar-refractivity contribution in [2.24, 2.45) is 0 Å². The van der Waals surface area contributed by atoms with Gasteiger partial charge in [-0.3, -0.25) is 0 Å². The molecule has 0 aliphatic carbocycles. The van der Waals surface area contributed by atoms with E-state index in [0.717, 1.165) is 16.6 Å². The molecule has 0 saturated heterocycles. The molecule has 0 unspecified atom stereocenters. The number of H-pyrrole nitrogens is 1. The molecule has 3 rings (SSSR count). The Bertz CT molecular complexity index is 782. The van der Waals surface area contributed by atoms with Crippen molar-refractivity contribution in [1.29, 1.82) is 5.26 Å². The van der Waals surface area contributed by atoms with Crippen LogP contribution in [0.3, 0.4) is 0 Å². The van der Waals surface area contributed by atoms with Gasteiger partial charge < -0.3 is 4.98 Å². The number of halogens is 2. The minimum absolute atomic E-state index is 0.590. The van der Waals surface area contributed by atoms with Crippen LogP contribution in [-0.2, 0) is 0 Å². The topological polar surface area (TPSA) is 52.5 Å². The average molecular weight is 294 g/mol. The summed E-state index contributed by atoms with van der Waals surface area (Å²) in [7, 11) is 0. The molecule has 0 radical (unpaired) electrons. The van der Waals surface area contributed by atoms with Gasteiger partial charge >= 0.3 is 0 Å². The number of imidazole rings is 1. The number of nitrogens with zero attached hydrogens (tertiary/aromatic N) is 2. The molecule has 0 bridgehead atoms. The molecular formula is C12H5Cl2N3S. The van der Waals surface area contributed by atoms with E-state index in [1.807, 2.05) is 0 Å². The predicted octanol–water partition coefficient (Wildman–Crippen LogP) is 4.47. The fraction of sp³-hybridized carbons (Fsp3) is 0. The van der Waals surface area contributed by atoms with Crippen LogP contribution in [0.4, 0.5) is 0 Å². The van der Waals surface area contributed by atoms with E-state index in [9.17, 15) is 0 Å². The largest absolute Gasteiger partial charge is 0.338 e. The fourth-order valence-corrected chi connectivity index (χ4v) is 3.17. The van der Waals surface area contributed by atoms with E-state index in [4.69, 9.17) is 28.5 Å². The quantitative estimate of drug-likeness (QED) is 0.720. The first-order valence-corrected chi connectivity index (χ1v) is 6.59. The first-order chi connectivity index (χ1) is 8.67. The van der Waals surface area contributed by atoms with Crippen LogP contribution in [0.1, 0.15) is 5.56 Å². The summed E-state index contributed by atoms with van der Waals surface area (Å²) in [5, 5.41) is 8.85. The summed E-state index contributed by atoms with van der Waals surface area (Å²) in [5.41, 5.74) is 2.97.